The largest absolute Gasteiger partial charge is 0.309 e. The highest BCUT2D eigenvalue weighted by molar-refractivity contribution is 9.10. The van der Waals surface area contributed by atoms with E-state index in [0.717, 1.165) is 10.0 Å². The van der Waals surface area contributed by atoms with Crippen molar-refractivity contribution in [3.05, 3.63) is 68.9 Å². The van der Waals surface area contributed by atoms with E-state index in [-0.39, 0.29) is 11.9 Å². The van der Waals surface area contributed by atoms with Gasteiger partial charge in [0, 0.05) is 10.0 Å². The number of hydrogen-bond acceptors (Lipinski definition) is 1. The summed E-state index contributed by atoms with van der Waals surface area (Å²) in [5, 5.41) is 3.19. The number of hydrogen-bond donors (Lipinski definition) is 1. The van der Waals surface area contributed by atoms with E-state index in [1.54, 1.807) is 0 Å². The molecule has 0 aliphatic rings. The predicted octanol–water partition coefficient (Wildman–Crippen LogP) is 4.51. The molecule has 2 aromatic carbocycles. The third-order valence-corrected chi connectivity index (χ3v) is 3.63. The Balaban J connectivity index is 2.49. The minimum atomic E-state index is -0.201. The van der Waals surface area contributed by atoms with Crippen LogP contribution in [0.3, 0.4) is 0 Å². The molecule has 0 aliphatic carbocycles. The average Bonchev–Trinajstić information content (AvgIpc) is 2.31. The fraction of sp³-hybridized carbons (Fsp3) is 0.250. The predicted molar refractivity (Wildman–Crippen MR) is 80.9 cm³/mol. The lowest BCUT2D eigenvalue weighted by Crippen LogP contribution is -2.19. The quantitative estimate of drug-likeness (QED) is 0.876. The third-order valence-electron chi connectivity index (χ3n) is 3.14. The molecule has 2 aromatic rings. The number of nitrogens with one attached hydrogen (secondary N) is 1. The molecular weight excluding hydrogens is 305 g/mol. The molecular formula is C16H17BrFN. The van der Waals surface area contributed by atoms with Crippen LogP contribution >= 0.6 is 15.9 Å². The maximum Gasteiger partial charge on any atom is 0.129 e. The Hall–Kier alpha value is -1.19. The van der Waals surface area contributed by atoms with Crippen LogP contribution < -0.4 is 5.32 Å². The van der Waals surface area contributed by atoms with Gasteiger partial charge in [0.25, 0.3) is 0 Å². The van der Waals surface area contributed by atoms with Crippen molar-refractivity contribution in [1.29, 1.82) is 0 Å². The van der Waals surface area contributed by atoms with Gasteiger partial charge in [-0.3, -0.25) is 0 Å². The summed E-state index contributed by atoms with van der Waals surface area (Å²) in [7, 11) is 1.85. The molecule has 0 heterocycles. The summed E-state index contributed by atoms with van der Waals surface area (Å²) >= 11 is 3.29. The van der Waals surface area contributed by atoms with E-state index in [1.807, 2.05) is 19.2 Å². The Bertz CT molecular complexity index is 575. The Morgan fingerprint density at radius 1 is 1.05 bits per heavy atom. The minimum absolute atomic E-state index is 0.133. The van der Waals surface area contributed by atoms with Crippen LogP contribution in [-0.2, 0) is 0 Å². The lowest BCUT2D eigenvalue weighted by Gasteiger charge is -2.19. The Morgan fingerprint density at radius 3 is 2.21 bits per heavy atom. The van der Waals surface area contributed by atoms with Crippen molar-refractivity contribution >= 4 is 15.9 Å². The molecule has 0 saturated heterocycles. The maximum atomic E-state index is 14.1. The molecule has 0 bridgehead atoms. The average molecular weight is 322 g/mol. The van der Waals surface area contributed by atoms with Gasteiger partial charge in [-0.1, -0.05) is 51.3 Å². The molecule has 3 heteroatoms. The van der Waals surface area contributed by atoms with Crippen LogP contribution in [0.5, 0.6) is 0 Å². The van der Waals surface area contributed by atoms with E-state index >= 15 is 0 Å². The number of benzene rings is 2. The van der Waals surface area contributed by atoms with Gasteiger partial charge in [-0.05, 0) is 38.6 Å². The molecule has 2 rings (SSSR count). The van der Waals surface area contributed by atoms with E-state index in [2.05, 4.69) is 53.3 Å². The topological polar surface area (TPSA) is 12.0 Å². The van der Waals surface area contributed by atoms with Crippen LogP contribution in [0.15, 0.2) is 40.9 Å². The van der Waals surface area contributed by atoms with Gasteiger partial charge in [0.2, 0.25) is 0 Å². The first-order valence-electron chi connectivity index (χ1n) is 6.21. The molecule has 0 amide bonds. The molecule has 0 aliphatic heterocycles. The molecule has 100 valence electrons. The molecule has 1 atom stereocenters. The number of halogens is 2. The van der Waals surface area contributed by atoms with E-state index in [1.165, 1.54) is 17.2 Å². The first-order valence-corrected chi connectivity index (χ1v) is 7.01. The number of aryl methyl sites for hydroxylation is 2. The zero-order chi connectivity index (χ0) is 14.0. The van der Waals surface area contributed by atoms with Crippen LogP contribution in [0.2, 0.25) is 0 Å². The second-order valence-electron chi connectivity index (χ2n) is 4.81. The van der Waals surface area contributed by atoms with Crippen LogP contribution in [-0.4, -0.2) is 7.05 Å². The SMILES string of the molecule is CNC(c1cc(C)cc(C)c1)c1ccc(Br)cc1F. The highest BCUT2D eigenvalue weighted by Crippen LogP contribution is 2.27. The highest BCUT2D eigenvalue weighted by Gasteiger charge is 2.16. The van der Waals surface area contributed by atoms with Crippen LogP contribution in [0.4, 0.5) is 4.39 Å². The Morgan fingerprint density at radius 2 is 1.68 bits per heavy atom. The van der Waals surface area contributed by atoms with E-state index in [9.17, 15) is 4.39 Å². The molecule has 0 spiro atoms. The minimum Gasteiger partial charge on any atom is -0.309 e. The highest BCUT2D eigenvalue weighted by atomic mass is 79.9. The third kappa shape index (κ3) is 3.23. The zero-order valence-electron chi connectivity index (χ0n) is 11.3. The maximum absolute atomic E-state index is 14.1. The summed E-state index contributed by atoms with van der Waals surface area (Å²) in [4.78, 5) is 0. The van der Waals surface area contributed by atoms with Gasteiger partial charge >= 0.3 is 0 Å². The molecule has 1 unspecified atom stereocenters. The summed E-state index contributed by atoms with van der Waals surface area (Å²) in [6, 6.07) is 11.4. The summed E-state index contributed by atoms with van der Waals surface area (Å²) in [5.74, 6) is -0.201. The molecule has 1 nitrogen and oxygen atoms in total. The molecule has 0 saturated carbocycles. The van der Waals surface area contributed by atoms with Gasteiger partial charge < -0.3 is 5.32 Å². The van der Waals surface area contributed by atoms with Crippen molar-refractivity contribution in [1.82, 2.24) is 5.32 Å². The van der Waals surface area contributed by atoms with E-state index in [4.69, 9.17) is 0 Å². The van der Waals surface area contributed by atoms with Gasteiger partial charge in [0.05, 0.1) is 6.04 Å². The summed E-state index contributed by atoms with van der Waals surface area (Å²) in [6.07, 6.45) is 0. The first-order chi connectivity index (χ1) is 9.01. The standard InChI is InChI=1S/C16H17BrFN/c1-10-6-11(2)8-12(7-10)16(19-3)14-5-4-13(17)9-15(14)18/h4-9,16,19H,1-3H3. The van der Waals surface area contributed by atoms with Crippen molar-refractivity contribution in [2.24, 2.45) is 0 Å². The molecule has 0 radical (unpaired) electrons. The van der Waals surface area contributed by atoms with Crippen molar-refractivity contribution in [3.63, 3.8) is 0 Å². The smallest absolute Gasteiger partial charge is 0.129 e. The Kier molecular flexibility index (Phi) is 4.38. The van der Waals surface area contributed by atoms with Crippen LogP contribution in [0.1, 0.15) is 28.3 Å². The fourth-order valence-corrected chi connectivity index (χ4v) is 2.75. The van der Waals surface area contributed by atoms with E-state index < -0.39 is 0 Å². The van der Waals surface area contributed by atoms with Crippen LogP contribution in [0.25, 0.3) is 0 Å². The summed E-state index contributed by atoms with van der Waals surface area (Å²) < 4.78 is 14.9. The van der Waals surface area contributed by atoms with Gasteiger partial charge in [0.1, 0.15) is 5.82 Å². The van der Waals surface area contributed by atoms with Crippen molar-refractivity contribution in [2.45, 2.75) is 19.9 Å². The molecule has 0 fully saturated rings. The lowest BCUT2D eigenvalue weighted by molar-refractivity contribution is 0.575. The number of rotatable bonds is 3. The normalized spacial score (nSPS) is 12.5. The molecule has 19 heavy (non-hydrogen) atoms. The van der Waals surface area contributed by atoms with Crippen LogP contribution in [0, 0.1) is 19.7 Å². The zero-order valence-corrected chi connectivity index (χ0v) is 12.9. The van der Waals surface area contributed by atoms with Crippen molar-refractivity contribution in [2.75, 3.05) is 7.05 Å². The molecule has 0 aromatic heterocycles. The van der Waals surface area contributed by atoms with Gasteiger partial charge in [0.15, 0.2) is 0 Å². The molecule has 1 N–H and O–H groups in total. The van der Waals surface area contributed by atoms with Gasteiger partial charge in [-0.2, -0.15) is 0 Å². The summed E-state index contributed by atoms with van der Waals surface area (Å²) in [6.45, 7) is 4.11. The first kappa shape index (κ1) is 14.2. The second kappa shape index (κ2) is 5.85. The Labute approximate surface area is 122 Å². The van der Waals surface area contributed by atoms with E-state index in [0.29, 0.717) is 5.56 Å². The van der Waals surface area contributed by atoms with Crippen molar-refractivity contribution in [3.8, 4) is 0 Å². The van der Waals surface area contributed by atoms with Gasteiger partial charge in [-0.15, -0.1) is 0 Å². The fourth-order valence-electron chi connectivity index (χ4n) is 2.41. The summed E-state index contributed by atoms with van der Waals surface area (Å²) in [5.41, 5.74) is 4.12. The van der Waals surface area contributed by atoms with Gasteiger partial charge in [-0.25, -0.2) is 4.39 Å². The van der Waals surface area contributed by atoms with Crippen molar-refractivity contribution < 1.29 is 4.39 Å². The monoisotopic (exact) mass is 321 g/mol. The second-order valence-corrected chi connectivity index (χ2v) is 5.72. The lowest BCUT2D eigenvalue weighted by atomic mass is 9.95.